The molecular formula is C15H20N4O. The minimum Gasteiger partial charge on any atom is -0.383 e. The van der Waals surface area contributed by atoms with Gasteiger partial charge in [0.2, 0.25) is 0 Å². The van der Waals surface area contributed by atoms with Crippen LogP contribution in [0.25, 0.3) is 5.82 Å². The number of nitrogens with zero attached hydrogens (tertiary/aromatic N) is 3. The van der Waals surface area contributed by atoms with Crippen LogP contribution in [0.2, 0.25) is 0 Å². The molecule has 1 unspecified atom stereocenters. The second-order valence-corrected chi connectivity index (χ2v) is 5.26. The van der Waals surface area contributed by atoms with Gasteiger partial charge in [0.25, 0.3) is 0 Å². The van der Waals surface area contributed by atoms with Crippen LogP contribution in [-0.2, 0) is 4.74 Å². The van der Waals surface area contributed by atoms with Crippen molar-refractivity contribution in [3.63, 3.8) is 0 Å². The Morgan fingerprint density at radius 2 is 2.25 bits per heavy atom. The normalized spacial score (nSPS) is 16.1. The van der Waals surface area contributed by atoms with Crippen LogP contribution >= 0.6 is 0 Å². The van der Waals surface area contributed by atoms with Gasteiger partial charge in [-0.2, -0.15) is 0 Å². The van der Waals surface area contributed by atoms with Crippen LogP contribution in [0.4, 0.5) is 5.69 Å². The van der Waals surface area contributed by atoms with Crippen molar-refractivity contribution in [3.8, 4) is 5.82 Å². The van der Waals surface area contributed by atoms with Crippen LogP contribution in [0.1, 0.15) is 18.7 Å². The average Bonchev–Trinajstić information content (AvgIpc) is 3.22. The number of hydrogen-bond donors (Lipinski definition) is 1. The maximum absolute atomic E-state index is 5.33. The van der Waals surface area contributed by atoms with Crippen molar-refractivity contribution in [3.05, 3.63) is 36.5 Å². The van der Waals surface area contributed by atoms with Crippen molar-refractivity contribution in [2.45, 2.75) is 25.8 Å². The lowest BCUT2D eigenvalue weighted by Gasteiger charge is -2.20. The van der Waals surface area contributed by atoms with E-state index in [0.29, 0.717) is 12.0 Å². The number of methoxy groups -OCH3 is 1. The third-order valence-corrected chi connectivity index (χ3v) is 3.72. The second-order valence-electron chi connectivity index (χ2n) is 5.26. The smallest absolute Gasteiger partial charge is 0.161 e. The fourth-order valence-corrected chi connectivity index (χ4v) is 2.48. The molecule has 106 valence electrons. The van der Waals surface area contributed by atoms with Crippen LogP contribution < -0.4 is 5.32 Å². The quantitative estimate of drug-likeness (QED) is 0.877. The van der Waals surface area contributed by atoms with E-state index < -0.39 is 0 Å². The van der Waals surface area contributed by atoms with Gasteiger partial charge in [-0.3, -0.25) is 4.57 Å². The Morgan fingerprint density at radius 1 is 1.40 bits per heavy atom. The molecule has 0 saturated heterocycles. The standard InChI is InChI=1S/C15H20N4O/c1-11-16-8-9-19(11)15-13(4-3-7-17-15)18-14(10-20-2)12-5-6-12/h3-4,7-9,12,14,18H,5-6,10H2,1-2H3. The van der Waals surface area contributed by atoms with E-state index in [9.17, 15) is 0 Å². The lowest BCUT2D eigenvalue weighted by Crippen LogP contribution is -2.28. The highest BCUT2D eigenvalue weighted by Gasteiger charge is 2.31. The minimum absolute atomic E-state index is 0.353. The first-order chi connectivity index (χ1) is 9.79. The molecule has 5 nitrogen and oxygen atoms in total. The van der Waals surface area contributed by atoms with Gasteiger partial charge in [0.1, 0.15) is 5.82 Å². The number of nitrogens with one attached hydrogen (secondary N) is 1. The summed E-state index contributed by atoms with van der Waals surface area (Å²) in [6.45, 7) is 2.70. The molecule has 0 aromatic carbocycles. The first kappa shape index (κ1) is 13.1. The molecule has 0 bridgehead atoms. The molecule has 0 amide bonds. The molecule has 20 heavy (non-hydrogen) atoms. The van der Waals surface area contributed by atoms with Gasteiger partial charge in [-0.25, -0.2) is 9.97 Å². The summed E-state index contributed by atoms with van der Waals surface area (Å²) >= 11 is 0. The number of anilines is 1. The molecule has 0 spiro atoms. The zero-order valence-corrected chi connectivity index (χ0v) is 11.9. The summed E-state index contributed by atoms with van der Waals surface area (Å²) in [4.78, 5) is 8.76. The Morgan fingerprint density at radius 3 is 2.90 bits per heavy atom. The van der Waals surface area contributed by atoms with Gasteiger partial charge < -0.3 is 10.1 Å². The molecule has 1 fully saturated rings. The summed E-state index contributed by atoms with van der Waals surface area (Å²) in [5.74, 6) is 2.54. The number of aromatic nitrogens is 3. The van der Waals surface area contributed by atoms with Crippen molar-refractivity contribution >= 4 is 5.69 Å². The van der Waals surface area contributed by atoms with Crippen molar-refractivity contribution < 1.29 is 4.74 Å². The highest BCUT2D eigenvalue weighted by Crippen LogP contribution is 2.35. The van der Waals surface area contributed by atoms with E-state index in [1.54, 1.807) is 13.3 Å². The molecular weight excluding hydrogens is 252 g/mol. The van der Waals surface area contributed by atoms with Crippen LogP contribution in [0.3, 0.4) is 0 Å². The second kappa shape index (κ2) is 5.63. The van der Waals surface area contributed by atoms with Gasteiger partial charge in [-0.1, -0.05) is 0 Å². The molecule has 2 heterocycles. The lowest BCUT2D eigenvalue weighted by atomic mass is 10.2. The summed E-state index contributed by atoms with van der Waals surface area (Å²) < 4.78 is 7.33. The Kier molecular flexibility index (Phi) is 3.69. The largest absolute Gasteiger partial charge is 0.383 e. The summed E-state index contributed by atoms with van der Waals surface area (Å²) in [5.41, 5.74) is 1.03. The van der Waals surface area contributed by atoms with Crippen molar-refractivity contribution in [2.24, 2.45) is 5.92 Å². The Hall–Kier alpha value is -1.88. The van der Waals surface area contributed by atoms with Gasteiger partial charge in [0, 0.05) is 25.7 Å². The van der Waals surface area contributed by atoms with Crippen LogP contribution in [0.15, 0.2) is 30.7 Å². The number of hydrogen-bond acceptors (Lipinski definition) is 4. The number of ether oxygens (including phenoxy) is 1. The summed E-state index contributed by atoms with van der Waals surface area (Å²) in [5, 5.41) is 3.59. The maximum Gasteiger partial charge on any atom is 0.161 e. The van der Waals surface area contributed by atoms with E-state index in [0.717, 1.165) is 23.9 Å². The highest BCUT2D eigenvalue weighted by molar-refractivity contribution is 5.57. The van der Waals surface area contributed by atoms with E-state index in [1.807, 2.05) is 30.0 Å². The molecule has 1 N–H and O–H groups in total. The fourth-order valence-electron chi connectivity index (χ4n) is 2.48. The first-order valence-corrected chi connectivity index (χ1v) is 7.00. The monoisotopic (exact) mass is 272 g/mol. The SMILES string of the molecule is COCC(Nc1cccnc1-n1ccnc1C)C1CC1. The topological polar surface area (TPSA) is 52.0 Å². The van der Waals surface area contributed by atoms with E-state index in [-0.39, 0.29) is 0 Å². The zero-order valence-electron chi connectivity index (χ0n) is 11.9. The number of rotatable bonds is 6. The molecule has 5 heteroatoms. The zero-order chi connectivity index (χ0) is 13.9. The molecule has 2 aromatic heterocycles. The van der Waals surface area contributed by atoms with Gasteiger partial charge in [-0.15, -0.1) is 0 Å². The van der Waals surface area contributed by atoms with E-state index >= 15 is 0 Å². The molecule has 1 atom stereocenters. The predicted molar refractivity (Wildman–Crippen MR) is 78.1 cm³/mol. The van der Waals surface area contributed by atoms with E-state index in [4.69, 9.17) is 4.74 Å². The maximum atomic E-state index is 5.33. The average molecular weight is 272 g/mol. The summed E-state index contributed by atoms with van der Waals surface area (Å²) in [7, 11) is 1.75. The third kappa shape index (κ3) is 2.67. The molecule has 1 aliphatic carbocycles. The third-order valence-electron chi connectivity index (χ3n) is 3.72. The van der Waals surface area contributed by atoms with Gasteiger partial charge >= 0.3 is 0 Å². The fraction of sp³-hybridized carbons (Fsp3) is 0.467. The van der Waals surface area contributed by atoms with Gasteiger partial charge in [0.05, 0.1) is 18.3 Å². The summed E-state index contributed by atoms with van der Waals surface area (Å²) in [6, 6.07) is 4.37. The highest BCUT2D eigenvalue weighted by atomic mass is 16.5. The van der Waals surface area contributed by atoms with Crippen molar-refractivity contribution in [1.82, 2.24) is 14.5 Å². The van der Waals surface area contributed by atoms with Crippen LogP contribution in [0, 0.1) is 12.8 Å². The van der Waals surface area contributed by atoms with Gasteiger partial charge in [-0.05, 0) is 37.8 Å². The van der Waals surface area contributed by atoms with Crippen LogP contribution in [-0.4, -0.2) is 34.3 Å². The Labute approximate surface area is 119 Å². The molecule has 1 aliphatic rings. The Balaban J connectivity index is 1.88. The molecule has 3 rings (SSSR count). The van der Waals surface area contributed by atoms with Crippen LogP contribution in [0.5, 0.6) is 0 Å². The molecule has 2 aromatic rings. The van der Waals surface area contributed by atoms with Gasteiger partial charge in [0.15, 0.2) is 5.82 Å². The van der Waals surface area contributed by atoms with Crippen molar-refractivity contribution in [2.75, 3.05) is 19.0 Å². The van der Waals surface area contributed by atoms with E-state index in [1.165, 1.54) is 12.8 Å². The number of imidazole rings is 1. The Bertz CT molecular complexity index is 577. The molecule has 0 aliphatic heterocycles. The molecule has 1 saturated carbocycles. The minimum atomic E-state index is 0.353. The lowest BCUT2D eigenvalue weighted by molar-refractivity contribution is 0.179. The first-order valence-electron chi connectivity index (χ1n) is 7.00. The molecule has 0 radical (unpaired) electrons. The summed E-state index contributed by atoms with van der Waals surface area (Å²) in [6.07, 6.45) is 8.09. The number of pyridine rings is 1. The van der Waals surface area contributed by atoms with E-state index in [2.05, 4.69) is 21.4 Å². The number of aryl methyl sites for hydroxylation is 1. The predicted octanol–water partition coefficient (Wildman–Crippen LogP) is 2.41. The van der Waals surface area contributed by atoms with Crippen molar-refractivity contribution in [1.29, 1.82) is 0 Å².